The van der Waals surface area contributed by atoms with Crippen LogP contribution < -0.4 is 4.72 Å². The van der Waals surface area contributed by atoms with Crippen LogP contribution in [0.3, 0.4) is 0 Å². The van der Waals surface area contributed by atoms with Gasteiger partial charge in [-0.25, -0.2) is 9.37 Å². The second-order valence-corrected chi connectivity index (χ2v) is 9.21. The van der Waals surface area contributed by atoms with Crippen LogP contribution in [0.1, 0.15) is 58.1 Å². The van der Waals surface area contributed by atoms with E-state index in [2.05, 4.69) is 25.6 Å². The average Bonchev–Trinajstić information content (AvgIpc) is 2.81. The Kier molecular flexibility index (Phi) is 5.21. The Bertz CT molecular complexity index is 669. The number of imidazole rings is 1. The molecule has 4 nitrogen and oxygen atoms in total. The lowest BCUT2D eigenvalue weighted by molar-refractivity contribution is 0.373. The van der Waals surface area contributed by atoms with Crippen molar-refractivity contribution in [1.82, 2.24) is 14.1 Å². The Morgan fingerprint density at radius 1 is 1.36 bits per heavy atom. The van der Waals surface area contributed by atoms with Gasteiger partial charge in [0.1, 0.15) is 10.9 Å². The van der Waals surface area contributed by atoms with Crippen molar-refractivity contribution < 1.29 is 8.94 Å². The summed E-state index contributed by atoms with van der Waals surface area (Å²) in [6, 6.07) is 1.57. The van der Waals surface area contributed by atoms with Gasteiger partial charge in [0.25, 0.3) is 0 Å². The molecule has 0 aliphatic carbocycles. The number of hydrogen-bond acceptors (Lipinski definition) is 3. The third-order valence-corrected chi connectivity index (χ3v) is 5.55. The second kappa shape index (κ2) is 6.47. The Hall–Kier alpha value is -0.630. The van der Waals surface area contributed by atoms with E-state index in [1.807, 2.05) is 33.9 Å². The average molecular weight is 390 g/mol. The molecule has 1 unspecified atom stereocenters. The molecule has 0 bridgehead atoms. The molecule has 2 heterocycles. The maximum atomic E-state index is 13.5. The molecule has 22 heavy (non-hydrogen) atoms. The van der Waals surface area contributed by atoms with Crippen LogP contribution >= 0.6 is 15.9 Å². The van der Waals surface area contributed by atoms with Crippen LogP contribution in [0.15, 0.2) is 22.9 Å². The fourth-order valence-corrected chi connectivity index (χ4v) is 3.27. The van der Waals surface area contributed by atoms with Crippen molar-refractivity contribution >= 4 is 32.9 Å². The summed E-state index contributed by atoms with van der Waals surface area (Å²) in [5.41, 5.74) is 2.07. The van der Waals surface area contributed by atoms with Gasteiger partial charge in [-0.15, -0.1) is 4.72 Å². The van der Waals surface area contributed by atoms with Gasteiger partial charge in [-0.2, -0.15) is 0 Å². The molecule has 0 saturated heterocycles. The highest BCUT2D eigenvalue weighted by atomic mass is 79.9. The number of halogens is 2. The minimum absolute atomic E-state index is 0.168. The number of aromatic nitrogens is 2. The Labute approximate surface area is 142 Å². The fraction of sp³-hybridized carbons (Fsp3) is 0.533. The molecule has 0 aliphatic heterocycles. The molecule has 0 aliphatic rings. The van der Waals surface area contributed by atoms with Gasteiger partial charge in [-0.3, -0.25) is 0 Å². The van der Waals surface area contributed by atoms with Crippen molar-refractivity contribution in [3.8, 4) is 0 Å². The smallest absolute Gasteiger partial charge is 0.151 e. The van der Waals surface area contributed by atoms with Gasteiger partial charge in [0, 0.05) is 29.3 Å². The van der Waals surface area contributed by atoms with Gasteiger partial charge in [-0.1, -0.05) is 0 Å². The summed E-state index contributed by atoms with van der Waals surface area (Å²) in [6.07, 6.45) is 2.52. The Balaban J connectivity index is 2.31. The molecular formula is C15H21BrFN3OS. The van der Waals surface area contributed by atoms with Gasteiger partial charge in [0.15, 0.2) is 5.65 Å². The first-order valence-electron chi connectivity index (χ1n) is 7.09. The highest BCUT2D eigenvalue weighted by Crippen LogP contribution is 2.26. The number of pyridine rings is 1. The maximum absolute atomic E-state index is 13.5. The third kappa shape index (κ3) is 3.82. The van der Waals surface area contributed by atoms with Crippen LogP contribution in [0.4, 0.5) is 4.39 Å². The molecule has 1 N–H and O–H groups in total. The molecule has 2 rings (SSSR count). The van der Waals surface area contributed by atoms with Crippen molar-refractivity contribution in [1.29, 1.82) is 0 Å². The van der Waals surface area contributed by atoms with Gasteiger partial charge in [-0.05, 0) is 56.6 Å². The molecule has 3 atom stereocenters. The monoisotopic (exact) mass is 389 g/mol. The van der Waals surface area contributed by atoms with Crippen LogP contribution in [-0.4, -0.2) is 18.7 Å². The highest BCUT2D eigenvalue weighted by molar-refractivity contribution is 9.10. The summed E-state index contributed by atoms with van der Waals surface area (Å²) < 4.78 is 30.9. The topological polar surface area (TPSA) is 52.4 Å². The predicted molar refractivity (Wildman–Crippen MR) is 91.9 cm³/mol. The third-order valence-electron chi connectivity index (χ3n) is 3.29. The SMILES string of the molecule is CC(F)c1cc(Br)c2nc([C@@H](C)N[S@+]([O-])C(C)(C)C)cn2c1. The molecule has 0 spiro atoms. The predicted octanol–water partition coefficient (Wildman–Crippen LogP) is 4.24. The van der Waals surface area contributed by atoms with Crippen LogP contribution in [0.2, 0.25) is 0 Å². The largest absolute Gasteiger partial charge is 0.598 e. The summed E-state index contributed by atoms with van der Waals surface area (Å²) in [7, 11) is 0. The summed E-state index contributed by atoms with van der Waals surface area (Å²) >= 11 is 2.25. The van der Waals surface area contributed by atoms with Crippen molar-refractivity contribution in [2.45, 2.75) is 51.6 Å². The molecule has 2 aromatic heterocycles. The van der Waals surface area contributed by atoms with E-state index in [0.717, 1.165) is 15.8 Å². The first-order valence-corrected chi connectivity index (χ1v) is 9.04. The lowest BCUT2D eigenvalue weighted by Crippen LogP contribution is -2.40. The van der Waals surface area contributed by atoms with Gasteiger partial charge in [0.05, 0.1) is 16.2 Å². The zero-order valence-electron chi connectivity index (χ0n) is 13.4. The van der Waals surface area contributed by atoms with Crippen molar-refractivity contribution in [3.63, 3.8) is 0 Å². The van der Waals surface area contributed by atoms with Crippen LogP contribution in [0.5, 0.6) is 0 Å². The van der Waals surface area contributed by atoms with Crippen molar-refractivity contribution in [2.24, 2.45) is 0 Å². The lowest BCUT2D eigenvalue weighted by Gasteiger charge is -2.25. The molecule has 0 aromatic carbocycles. The number of rotatable bonds is 4. The fourth-order valence-electron chi connectivity index (χ4n) is 1.92. The molecule has 122 valence electrons. The summed E-state index contributed by atoms with van der Waals surface area (Å²) in [6.45, 7) is 9.16. The summed E-state index contributed by atoms with van der Waals surface area (Å²) in [5.74, 6) is 0. The lowest BCUT2D eigenvalue weighted by atomic mass is 10.2. The van der Waals surface area contributed by atoms with Gasteiger partial charge < -0.3 is 8.95 Å². The minimum Gasteiger partial charge on any atom is -0.598 e. The van der Waals surface area contributed by atoms with E-state index in [9.17, 15) is 8.94 Å². The second-order valence-electron chi connectivity index (χ2n) is 6.35. The van der Waals surface area contributed by atoms with E-state index in [4.69, 9.17) is 0 Å². The Morgan fingerprint density at radius 3 is 2.55 bits per heavy atom. The van der Waals surface area contributed by atoms with Crippen molar-refractivity contribution in [2.75, 3.05) is 0 Å². The number of fused-ring (bicyclic) bond motifs is 1. The van der Waals surface area contributed by atoms with Gasteiger partial charge >= 0.3 is 0 Å². The zero-order valence-corrected chi connectivity index (χ0v) is 15.8. The van der Waals surface area contributed by atoms with E-state index >= 15 is 0 Å². The zero-order chi connectivity index (χ0) is 16.7. The quantitative estimate of drug-likeness (QED) is 0.795. The van der Waals surface area contributed by atoms with Gasteiger partial charge in [0.2, 0.25) is 0 Å². The van der Waals surface area contributed by atoms with Crippen LogP contribution in [0.25, 0.3) is 5.65 Å². The van der Waals surface area contributed by atoms with E-state index in [0.29, 0.717) is 5.56 Å². The van der Waals surface area contributed by atoms with Crippen LogP contribution in [-0.2, 0) is 11.4 Å². The number of alkyl halides is 1. The number of hydrogen-bond donors (Lipinski definition) is 1. The first-order chi connectivity index (χ1) is 10.1. The summed E-state index contributed by atoms with van der Waals surface area (Å²) in [4.78, 5) is 4.54. The van der Waals surface area contributed by atoms with E-state index < -0.39 is 17.5 Å². The highest BCUT2D eigenvalue weighted by Gasteiger charge is 2.29. The molecule has 2 aromatic rings. The molecular weight excluding hydrogens is 369 g/mol. The first kappa shape index (κ1) is 17.7. The standard InChI is InChI=1S/C15H21BrFN3OS/c1-9(17)11-6-12(16)14-18-13(8-20(14)7-11)10(2)19-22(21)15(3,4)5/h6-10,19H,1-5H3/t9?,10-,22-/m1/s1. The molecule has 7 heteroatoms. The molecule has 0 amide bonds. The summed E-state index contributed by atoms with van der Waals surface area (Å²) in [5, 5.41) is 0. The molecule has 0 radical (unpaired) electrons. The van der Waals surface area contributed by atoms with Crippen LogP contribution in [0, 0.1) is 0 Å². The van der Waals surface area contributed by atoms with Crippen molar-refractivity contribution in [3.05, 3.63) is 34.2 Å². The van der Waals surface area contributed by atoms with E-state index in [-0.39, 0.29) is 10.8 Å². The van der Waals surface area contributed by atoms with E-state index in [1.165, 1.54) is 6.92 Å². The van der Waals surface area contributed by atoms with E-state index in [1.54, 1.807) is 16.7 Å². The molecule has 0 fully saturated rings. The number of nitrogens with one attached hydrogen (secondary N) is 1. The molecule has 0 saturated carbocycles. The minimum atomic E-state index is -1.18. The number of nitrogens with zero attached hydrogens (tertiary/aromatic N) is 2. The normalized spacial score (nSPS) is 16.7. The maximum Gasteiger partial charge on any atom is 0.151 e. The Morgan fingerprint density at radius 2 is 2.00 bits per heavy atom.